The monoisotopic (exact) mass is 249 g/mol. The van der Waals surface area contributed by atoms with Crippen LogP contribution in [-0.2, 0) is 0 Å². The Labute approximate surface area is 111 Å². The van der Waals surface area contributed by atoms with Crippen LogP contribution in [0.2, 0.25) is 0 Å². The molecule has 0 aliphatic rings. The lowest BCUT2D eigenvalue weighted by Gasteiger charge is -2.16. The molecule has 3 nitrogen and oxygen atoms in total. The van der Waals surface area contributed by atoms with Gasteiger partial charge < -0.3 is 5.32 Å². The first-order chi connectivity index (χ1) is 8.38. The smallest absolute Gasteiger partial charge is 0.223 e. The molecule has 3 heteroatoms. The molecule has 0 aromatic carbocycles. The van der Waals surface area contributed by atoms with Crippen molar-refractivity contribution in [3.05, 3.63) is 17.5 Å². The van der Waals surface area contributed by atoms with Gasteiger partial charge in [0.1, 0.15) is 0 Å². The third kappa shape index (κ3) is 5.03. The van der Waals surface area contributed by atoms with Crippen LogP contribution >= 0.6 is 0 Å². The van der Waals surface area contributed by atoms with Gasteiger partial charge in [0.15, 0.2) is 0 Å². The first kappa shape index (κ1) is 14.9. The molecular weight excluding hydrogens is 222 g/mol. The largest absolute Gasteiger partial charge is 0.352 e. The molecular formula is C15H27N3. The van der Waals surface area contributed by atoms with E-state index in [4.69, 9.17) is 0 Å². The molecule has 18 heavy (non-hydrogen) atoms. The average molecular weight is 249 g/mol. The third-order valence-corrected chi connectivity index (χ3v) is 3.02. The summed E-state index contributed by atoms with van der Waals surface area (Å²) in [5, 5.41) is 3.41. The molecule has 1 unspecified atom stereocenters. The standard InChI is InChI=1S/C15H27N3/c1-10(2)7-8-12(5)16-15-17-13(6)9-14(18-15)11(3)4/h9-12H,7-8H2,1-6H3,(H,16,17,18). The van der Waals surface area contributed by atoms with Crippen LogP contribution < -0.4 is 5.32 Å². The van der Waals surface area contributed by atoms with Crippen LogP contribution in [-0.4, -0.2) is 16.0 Å². The minimum Gasteiger partial charge on any atom is -0.352 e. The van der Waals surface area contributed by atoms with E-state index in [2.05, 4.69) is 56.0 Å². The second-order valence-corrected chi connectivity index (χ2v) is 5.93. The van der Waals surface area contributed by atoms with Gasteiger partial charge in [-0.25, -0.2) is 9.97 Å². The molecule has 0 aliphatic heterocycles. The Balaban J connectivity index is 2.66. The van der Waals surface area contributed by atoms with Crippen LogP contribution in [0, 0.1) is 12.8 Å². The van der Waals surface area contributed by atoms with Gasteiger partial charge in [-0.2, -0.15) is 0 Å². The highest BCUT2D eigenvalue weighted by Gasteiger charge is 2.09. The summed E-state index contributed by atoms with van der Waals surface area (Å²) in [6, 6.07) is 2.49. The van der Waals surface area contributed by atoms with E-state index in [1.165, 1.54) is 6.42 Å². The van der Waals surface area contributed by atoms with Crippen LogP contribution in [0.3, 0.4) is 0 Å². The summed E-state index contributed by atoms with van der Waals surface area (Å²) >= 11 is 0. The zero-order valence-electron chi connectivity index (χ0n) is 12.6. The zero-order valence-corrected chi connectivity index (χ0v) is 12.6. The first-order valence-corrected chi connectivity index (χ1v) is 7.00. The van der Waals surface area contributed by atoms with Gasteiger partial charge >= 0.3 is 0 Å². The summed E-state index contributed by atoms with van der Waals surface area (Å²) < 4.78 is 0. The van der Waals surface area contributed by atoms with E-state index in [0.717, 1.165) is 29.7 Å². The summed E-state index contributed by atoms with van der Waals surface area (Å²) in [5.41, 5.74) is 2.15. The number of nitrogens with zero attached hydrogens (tertiary/aromatic N) is 2. The average Bonchev–Trinajstić information content (AvgIpc) is 2.25. The van der Waals surface area contributed by atoms with Crippen LogP contribution in [0.15, 0.2) is 6.07 Å². The number of hydrogen-bond donors (Lipinski definition) is 1. The van der Waals surface area contributed by atoms with Crippen LogP contribution in [0.4, 0.5) is 5.95 Å². The molecule has 1 rings (SSSR count). The lowest BCUT2D eigenvalue weighted by Crippen LogP contribution is -2.18. The van der Waals surface area contributed by atoms with E-state index >= 15 is 0 Å². The van der Waals surface area contributed by atoms with Crippen molar-refractivity contribution >= 4 is 5.95 Å². The van der Waals surface area contributed by atoms with Crippen LogP contribution in [0.25, 0.3) is 0 Å². The van der Waals surface area contributed by atoms with Gasteiger partial charge in [0, 0.05) is 17.4 Å². The van der Waals surface area contributed by atoms with Crippen LogP contribution in [0.1, 0.15) is 64.8 Å². The maximum absolute atomic E-state index is 4.58. The molecule has 0 amide bonds. The van der Waals surface area contributed by atoms with Gasteiger partial charge in [0.05, 0.1) is 0 Å². The van der Waals surface area contributed by atoms with Crippen molar-refractivity contribution in [2.24, 2.45) is 5.92 Å². The van der Waals surface area contributed by atoms with Crippen molar-refractivity contribution in [2.45, 2.75) is 66.3 Å². The zero-order chi connectivity index (χ0) is 13.7. The Bertz CT molecular complexity index is 372. The number of hydrogen-bond acceptors (Lipinski definition) is 3. The highest BCUT2D eigenvalue weighted by molar-refractivity contribution is 5.30. The molecule has 0 radical (unpaired) electrons. The fraction of sp³-hybridized carbons (Fsp3) is 0.733. The maximum atomic E-state index is 4.58. The Morgan fingerprint density at radius 2 is 1.72 bits per heavy atom. The summed E-state index contributed by atoms with van der Waals surface area (Å²) in [7, 11) is 0. The quantitative estimate of drug-likeness (QED) is 0.823. The van der Waals surface area contributed by atoms with Gasteiger partial charge in [-0.05, 0) is 44.6 Å². The highest BCUT2D eigenvalue weighted by atomic mass is 15.1. The second-order valence-electron chi connectivity index (χ2n) is 5.93. The Morgan fingerprint density at radius 3 is 2.28 bits per heavy atom. The van der Waals surface area contributed by atoms with Crippen LogP contribution in [0.5, 0.6) is 0 Å². The van der Waals surface area contributed by atoms with Crippen molar-refractivity contribution in [3.63, 3.8) is 0 Å². The predicted molar refractivity (Wildman–Crippen MR) is 78.0 cm³/mol. The van der Waals surface area contributed by atoms with Crippen molar-refractivity contribution < 1.29 is 0 Å². The topological polar surface area (TPSA) is 37.8 Å². The fourth-order valence-electron chi connectivity index (χ4n) is 1.83. The SMILES string of the molecule is Cc1cc(C(C)C)nc(NC(C)CCC(C)C)n1. The normalized spacial score (nSPS) is 13.1. The number of rotatable bonds is 6. The summed E-state index contributed by atoms with van der Waals surface area (Å²) in [6.07, 6.45) is 2.39. The first-order valence-electron chi connectivity index (χ1n) is 7.00. The summed E-state index contributed by atoms with van der Waals surface area (Å²) in [4.78, 5) is 9.04. The molecule has 0 fully saturated rings. The molecule has 0 bridgehead atoms. The van der Waals surface area contributed by atoms with Gasteiger partial charge in [-0.3, -0.25) is 0 Å². The number of nitrogens with one attached hydrogen (secondary N) is 1. The lowest BCUT2D eigenvalue weighted by molar-refractivity contribution is 0.526. The molecule has 1 aromatic rings. The lowest BCUT2D eigenvalue weighted by atomic mass is 10.0. The Morgan fingerprint density at radius 1 is 1.06 bits per heavy atom. The van der Waals surface area contributed by atoms with Crippen molar-refractivity contribution in [1.29, 1.82) is 0 Å². The van der Waals surface area contributed by atoms with E-state index in [0.29, 0.717) is 12.0 Å². The van der Waals surface area contributed by atoms with Crippen molar-refractivity contribution in [2.75, 3.05) is 5.32 Å². The molecule has 1 atom stereocenters. The molecule has 0 aliphatic carbocycles. The Hall–Kier alpha value is -1.12. The fourth-order valence-corrected chi connectivity index (χ4v) is 1.83. The molecule has 102 valence electrons. The van der Waals surface area contributed by atoms with E-state index in [1.54, 1.807) is 0 Å². The van der Waals surface area contributed by atoms with Crippen molar-refractivity contribution in [1.82, 2.24) is 9.97 Å². The maximum Gasteiger partial charge on any atom is 0.223 e. The number of aryl methyl sites for hydroxylation is 1. The molecule has 0 saturated carbocycles. The molecule has 1 N–H and O–H groups in total. The highest BCUT2D eigenvalue weighted by Crippen LogP contribution is 2.16. The summed E-state index contributed by atoms with van der Waals surface area (Å²) in [5.74, 6) is 1.96. The molecule has 0 saturated heterocycles. The third-order valence-electron chi connectivity index (χ3n) is 3.02. The Kier molecular flexibility index (Phi) is 5.57. The van der Waals surface area contributed by atoms with E-state index < -0.39 is 0 Å². The minimum absolute atomic E-state index is 0.425. The van der Waals surface area contributed by atoms with E-state index in [-0.39, 0.29) is 0 Å². The van der Waals surface area contributed by atoms with Gasteiger partial charge in [0.2, 0.25) is 5.95 Å². The van der Waals surface area contributed by atoms with Gasteiger partial charge in [-0.15, -0.1) is 0 Å². The van der Waals surface area contributed by atoms with E-state index in [1.807, 2.05) is 6.92 Å². The summed E-state index contributed by atoms with van der Waals surface area (Å²) in [6.45, 7) is 13.1. The molecule has 1 heterocycles. The molecule has 0 spiro atoms. The molecule has 1 aromatic heterocycles. The number of aromatic nitrogens is 2. The van der Waals surface area contributed by atoms with Gasteiger partial charge in [-0.1, -0.05) is 27.7 Å². The minimum atomic E-state index is 0.425. The second kappa shape index (κ2) is 6.72. The number of anilines is 1. The predicted octanol–water partition coefficient (Wildman–Crippen LogP) is 4.15. The van der Waals surface area contributed by atoms with Gasteiger partial charge in [0.25, 0.3) is 0 Å². The van der Waals surface area contributed by atoms with E-state index in [9.17, 15) is 0 Å². The van der Waals surface area contributed by atoms with Crippen molar-refractivity contribution in [3.8, 4) is 0 Å².